The van der Waals surface area contributed by atoms with E-state index in [9.17, 15) is 4.79 Å². The number of methoxy groups -OCH3 is 1. The summed E-state index contributed by atoms with van der Waals surface area (Å²) in [5.41, 5.74) is 1.41. The van der Waals surface area contributed by atoms with Crippen LogP contribution in [0.2, 0.25) is 5.02 Å². The van der Waals surface area contributed by atoms with Crippen LogP contribution in [0.1, 0.15) is 15.9 Å². The van der Waals surface area contributed by atoms with Gasteiger partial charge in [0.25, 0.3) is 0 Å². The number of carbonyl (C=O) groups excluding carboxylic acids is 1. The predicted molar refractivity (Wildman–Crippen MR) is 61.0 cm³/mol. The number of rotatable bonds is 4. The molecule has 0 aliphatic heterocycles. The smallest absolute Gasteiger partial charge is 0.176 e. The largest absolute Gasteiger partial charge is 0.496 e. The van der Waals surface area contributed by atoms with Crippen molar-refractivity contribution in [2.75, 3.05) is 20.7 Å². The molecule has 1 N–H and O–H groups in total. The van der Waals surface area contributed by atoms with Crippen LogP contribution < -0.4 is 10.1 Å². The molecule has 0 aliphatic rings. The first-order valence-electron chi connectivity index (χ1n) is 4.62. The summed E-state index contributed by atoms with van der Waals surface area (Å²) in [6.07, 6.45) is 0. The third-order valence-corrected chi connectivity index (χ3v) is 2.57. The van der Waals surface area contributed by atoms with Crippen LogP contribution in [-0.4, -0.2) is 26.5 Å². The molecule has 0 atom stereocenters. The van der Waals surface area contributed by atoms with Crippen LogP contribution in [-0.2, 0) is 0 Å². The highest BCUT2D eigenvalue weighted by Crippen LogP contribution is 2.27. The molecule has 4 heteroatoms. The topological polar surface area (TPSA) is 38.3 Å². The molecule has 0 saturated carbocycles. The maximum atomic E-state index is 11.6. The molecule has 0 aliphatic carbocycles. The number of hydrogen-bond donors (Lipinski definition) is 1. The van der Waals surface area contributed by atoms with E-state index < -0.39 is 0 Å². The quantitative estimate of drug-likeness (QED) is 0.801. The molecule has 0 bridgehead atoms. The Morgan fingerprint density at radius 2 is 2.20 bits per heavy atom. The van der Waals surface area contributed by atoms with Crippen molar-refractivity contribution in [3.05, 3.63) is 28.3 Å². The molecule has 0 saturated heterocycles. The number of ether oxygens (including phenoxy) is 1. The fourth-order valence-corrected chi connectivity index (χ4v) is 1.50. The molecule has 0 amide bonds. The lowest BCUT2D eigenvalue weighted by Gasteiger charge is -2.09. The lowest BCUT2D eigenvalue weighted by molar-refractivity contribution is 0.0993. The van der Waals surface area contributed by atoms with Crippen LogP contribution >= 0.6 is 11.6 Å². The van der Waals surface area contributed by atoms with Crippen molar-refractivity contribution in [1.29, 1.82) is 0 Å². The second-order valence-corrected chi connectivity index (χ2v) is 3.65. The van der Waals surface area contributed by atoms with Crippen molar-refractivity contribution in [2.24, 2.45) is 0 Å². The van der Waals surface area contributed by atoms with Gasteiger partial charge in [0.1, 0.15) is 5.75 Å². The predicted octanol–water partition coefficient (Wildman–Crippen LogP) is 2.06. The lowest BCUT2D eigenvalue weighted by atomic mass is 10.1. The Morgan fingerprint density at radius 3 is 2.73 bits per heavy atom. The number of nitrogens with one attached hydrogen (secondary N) is 1. The Hall–Kier alpha value is -1.06. The average Bonchev–Trinajstić information content (AvgIpc) is 2.22. The summed E-state index contributed by atoms with van der Waals surface area (Å²) >= 11 is 5.99. The van der Waals surface area contributed by atoms with Gasteiger partial charge in [-0.05, 0) is 26.1 Å². The second-order valence-electron chi connectivity index (χ2n) is 3.24. The molecular weight excluding hydrogens is 214 g/mol. The molecule has 0 heterocycles. The van der Waals surface area contributed by atoms with Crippen LogP contribution in [0.25, 0.3) is 0 Å². The van der Waals surface area contributed by atoms with Crippen molar-refractivity contribution in [3.63, 3.8) is 0 Å². The Balaban J connectivity index is 3.10. The Labute approximate surface area is 94.4 Å². The standard InChI is InChI=1S/C11H14ClNO2/c1-7-9(12)4-8(5-11(7)15-3)10(14)6-13-2/h4-5,13H,6H2,1-3H3. The number of Topliss-reactive ketones (excluding diaryl/α,β-unsaturated/α-hetero) is 1. The van der Waals surface area contributed by atoms with Gasteiger partial charge in [-0.1, -0.05) is 11.6 Å². The van der Waals surface area contributed by atoms with Gasteiger partial charge in [0.15, 0.2) is 5.78 Å². The fourth-order valence-electron chi connectivity index (χ4n) is 1.29. The molecule has 3 nitrogen and oxygen atoms in total. The van der Waals surface area contributed by atoms with Gasteiger partial charge >= 0.3 is 0 Å². The SMILES string of the molecule is CNCC(=O)c1cc(Cl)c(C)c(OC)c1. The van der Waals surface area contributed by atoms with Crippen LogP contribution in [0.15, 0.2) is 12.1 Å². The second kappa shape index (κ2) is 5.14. The van der Waals surface area contributed by atoms with Gasteiger partial charge in [-0.2, -0.15) is 0 Å². The molecule has 1 rings (SSSR count). The van der Waals surface area contributed by atoms with E-state index in [0.717, 1.165) is 5.56 Å². The highest BCUT2D eigenvalue weighted by molar-refractivity contribution is 6.32. The maximum absolute atomic E-state index is 11.6. The molecule has 0 fully saturated rings. The van der Waals surface area contributed by atoms with Gasteiger partial charge in [-0.3, -0.25) is 4.79 Å². The molecule has 15 heavy (non-hydrogen) atoms. The van der Waals surface area contributed by atoms with Gasteiger partial charge in [0.2, 0.25) is 0 Å². The van der Waals surface area contributed by atoms with E-state index >= 15 is 0 Å². The summed E-state index contributed by atoms with van der Waals surface area (Å²) in [4.78, 5) is 11.6. The van der Waals surface area contributed by atoms with E-state index in [1.165, 1.54) is 0 Å². The average molecular weight is 228 g/mol. The zero-order chi connectivity index (χ0) is 11.4. The number of halogens is 1. The fraction of sp³-hybridized carbons (Fsp3) is 0.364. The number of ketones is 1. The highest BCUT2D eigenvalue weighted by Gasteiger charge is 2.11. The summed E-state index contributed by atoms with van der Waals surface area (Å²) in [5, 5.41) is 3.35. The van der Waals surface area contributed by atoms with Crippen molar-refractivity contribution in [1.82, 2.24) is 5.32 Å². The van der Waals surface area contributed by atoms with E-state index in [2.05, 4.69) is 5.32 Å². The Kier molecular flexibility index (Phi) is 4.12. The normalized spacial score (nSPS) is 10.1. The Morgan fingerprint density at radius 1 is 1.53 bits per heavy atom. The Bertz CT molecular complexity index is 377. The molecule has 0 radical (unpaired) electrons. The minimum Gasteiger partial charge on any atom is -0.496 e. The number of likely N-dealkylation sites (N-methyl/N-ethyl adjacent to an activating group) is 1. The zero-order valence-corrected chi connectivity index (χ0v) is 9.81. The van der Waals surface area contributed by atoms with E-state index in [1.54, 1.807) is 26.3 Å². The minimum absolute atomic E-state index is 0.00213. The summed E-state index contributed by atoms with van der Waals surface area (Å²) < 4.78 is 5.14. The summed E-state index contributed by atoms with van der Waals surface area (Å²) in [6, 6.07) is 3.37. The first-order chi connectivity index (χ1) is 7.10. The van der Waals surface area contributed by atoms with Gasteiger partial charge in [-0.25, -0.2) is 0 Å². The maximum Gasteiger partial charge on any atom is 0.176 e. The summed E-state index contributed by atoms with van der Waals surface area (Å²) in [5.74, 6) is 0.639. The van der Waals surface area contributed by atoms with E-state index in [4.69, 9.17) is 16.3 Å². The van der Waals surface area contributed by atoms with E-state index in [-0.39, 0.29) is 5.78 Å². The third-order valence-electron chi connectivity index (χ3n) is 2.18. The number of carbonyl (C=O) groups is 1. The van der Waals surface area contributed by atoms with Gasteiger partial charge in [0.05, 0.1) is 13.7 Å². The van der Waals surface area contributed by atoms with Gasteiger partial charge in [-0.15, -0.1) is 0 Å². The molecule has 0 aromatic heterocycles. The van der Waals surface area contributed by atoms with Crippen molar-refractivity contribution < 1.29 is 9.53 Å². The lowest BCUT2D eigenvalue weighted by Crippen LogP contribution is -2.18. The van der Waals surface area contributed by atoms with Crippen molar-refractivity contribution in [2.45, 2.75) is 6.92 Å². The van der Waals surface area contributed by atoms with Crippen LogP contribution in [0, 0.1) is 6.92 Å². The van der Waals surface area contributed by atoms with Gasteiger partial charge < -0.3 is 10.1 Å². The monoisotopic (exact) mass is 227 g/mol. The van der Waals surface area contributed by atoms with E-state index in [0.29, 0.717) is 22.9 Å². The minimum atomic E-state index is -0.00213. The van der Waals surface area contributed by atoms with Crippen LogP contribution in [0.4, 0.5) is 0 Å². The van der Waals surface area contributed by atoms with Crippen LogP contribution in [0.3, 0.4) is 0 Å². The first-order valence-corrected chi connectivity index (χ1v) is 5.00. The third kappa shape index (κ3) is 2.70. The summed E-state index contributed by atoms with van der Waals surface area (Å²) in [6.45, 7) is 2.15. The van der Waals surface area contributed by atoms with E-state index in [1.807, 2.05) is 6.92 Å². The molecule has 0 spiro atoms. The zero-order valence-electron chi connectivity index (χ0n) is 9.06. The number of benzene rings is 1. The van der Waals surface area contributed by atoms with Crippen molar-refractivity contribution in [3.8, 4) is 5.75 Å². The molecule has 1 aromatic rings. The van der Waals surface area contributed by atoms with Crippen molar-refractivity contribution >= 4 is 17.4 Å². The molecule has 1 aromatic carbocycles. The molecule has 82 valence electrons. The number of hydrogen-bond acceptors (Lipinski definition) is 3. The van der Waals surface area contributed by atoms with Gasteiger partial charge in [0, 0.05) is 16.1 Å². The van der Waals surface area contributed by atoms with Crippen LogP contribution in [0.5, 0.6) is 5.75 Å². The molecule has 0 unspecified atom stereocenters. The highest BCUT2D eigenvalue weighted by atomic mass is 35.5. The molecular formula is C11H14ClNO2. The first kappa shape index (κ1) is 12.0. The summed E-state index contributed by atoms with van der Waals surface area (Å²) in [7, 11) is 3.29.